The number of rotatable bonds is 8. The summed E-state index contributed by atoms with van der Waals surface area (Å²) < 4.78 is 26.8. The quantitative estimate of drug-likeness (QED) is 0.586. The molecule has 0 aliphatic heterocycles. The molecule has 7 heteroatoms. The second kappa shape index (κ2) is 9.73. The number of hydrogen-bond acceptors (Lipinski definition) is 4. The highest BCUT2D eigenvalue weighted by atomic mass is 32.1. The van der Waals surface area contributed by atoms with Crippen molar-refractivity contribution in [1.82, 2.24) is 10.2 Å². The molecule has 2 aromatic carbocycles. The van der Waals surface area contributed by atoms with E-state index in [1.54, 1.807) is 36.2 Å². The molecule has 0 radical (unpaired) electrons. The SMILES string of the molecule is CN(CC(=O)N[C@@H](c1ccc(F)cc1)c1cccs1)[C@H](CO)c1cccc(F)c1. The van der Waals surface area contributed by atoms with Gasteiger partial charge in [0.25, 0.3) is 0 Å². The Balaban J connectivity index is 1.73. The Hall–Kier alpha value is -2.61. The van der Waals surface area contributed by atoms with Crippen LogP contribution in [-0.2, 0) is 4.79 Å². The Morgan fingerprint density at radius 2 is 1.83 bits per heavy atom. The van der Waals surface area contributed by atoms with E-state index in [0.717, 1.165) is 10.4 Å². The number of hydrogen-bond donors (Lipinski definition) is 2. The zero-order chi connectivity index (χ0) is 20.8. The average molecular weight is 416 g/mol. The first-order valence-electron chi connectivity index (χ1n) is 9.12. The number of carbonyl (C=O) groups is 1. The highest BCUT2D eigenvalue weighted by Gasteiger charge is 2.22. The summed E-state index contributed by atoms with van der Waals surface area (Å²) in [4.78, 5) is 15.3. The maximum atomic E-state index is 13.5. The predicted molar refractivity (Wildman–Crippen MR) is 110 cm³/mol. The third-order valence-corrected chi connectivity index (χ3v) is 5.60. The van der Waals surface area contributed by atoms with Gasteiger partial charge in [-0.25, -0.2) is 8.78 Å². The largest absolute Gasteiger partial charge is 0.394 e. The Kier molecular flexibility index (Phi) is 7.09. The maximum absolute atomic E-state index is 13.5. The second-order valence-electron chi connectivity index (χ2n) is 6.74. The van der Waals surface area contributed by atoms with E-state index in [1.165, 1.54) is 35.6 Å². The Morgan fingerprint density at radius 3 is 2.45 bits per heavy atom. The van der Waals surface area contributed by atoms with Gasteiger partial charge in [0.1, 0.15) is 11.6 Å². The number of benzene rings is 2. The molecule has 2 atom stereocenters. The molecule has 1 amide bonds. The first kappa shape index (κ1) is 21.1. The number of nitrogens with one attached hydrogen (secondary N) is 1. The highest BCUT2D eigenvalue weighted by Crippen LogP contribution is 2.26. The fourth-order valence-electron chi connectivity index (χ4n) is 3.19. The third-order valence-electron chi connectivity index (χ3n) is 4.67. The minimum absolute atomic E-state index is 0.00477. The Morgan fingerprint density at radius 1 is 1.07 bits per heavy atom. The van der Waals surface area contributed by atoms with E-state index in [-0.39, 0.29) is 24.9 Å². The van der Waals surface area contributed by atoms with Crippen LogP contribution in [0.25, 0.3) is 0 Å². The van der Waals surface area contributed by atoms with Crippen LogP contribution in [0.5, 0.6) is 0 Å². The molecular formula is C22H22F2N2O2S. The number of carbonyl (C=O) groups excluding carboxylic acids is 1. The van der Waals surface area contributed by atoms with Gasteiger partial charge in [-0.05, 0) is 53.9 Å². The molecule has 1 heterocycles. The molecule has 3 aromatic rings. The Labute approximate surface area is 172 Å². The topological polar surface area (TPSA) is 52.6 Å². The first-order chi connectivity index (χ1) is 14.0. The van der Waals surface area contributed by atoms with Crippen LogP contribution >= 0.6 is 11.3 Å². The first-order valence-corrected chi connectivity index (χ1v) is 10.0. The van der Waals surface area contributed by atoms with E-state index in [4.69, 9.17) is 0 Å². The van der Waals surface area contributed by atoms with Crippen molar-refractivity contribution in [2.75, 3.05) is 20.2 Å². The molecule has 2 N–H and O–H groups in total. The van der Waals surface area contributed by atoms with Crippen LogP contribution in [0.4, 0.5) is 8.78 Å². The summed E-state index contributed by atoms with van der Waals surface area (Å²) in [5.74, 6) is -0.997. The Bertz CT molecular complexity index is 932. The molecule has 1 aromatic heterocycles. The smallest absolute Gasteiger partial charge is 0.234 e. The number of amides is 1. The lowest BCUT2D eigenvalue weighted by Crippen LogP contribution is -2.39. The van der Waals surface area contributed by atoms with E-state index in [0.29, 0.717) is 5.56 Å². The average Bonchev–Trinajstić information content (AvgIpc) is 3.22. The maximum Gasteiger partial charge on any atom is 0.234 e. The second-order valence-corrected chi connectivity index (χ2v) is 7.72. The minimum atomic E-state index is -0.512. The van der Waals surface area contributed by atoms with E-state index in [2.05, 4.69) is 5.32 Å². The lowest BCUT2D eigenvalue weighted by molar-refractivity contribution is -0.123. The van der Waals surface area contributed by atoms with Gasteiger partial charge < -0.3 is 10.4 Å². The molecule has 29 heavy (non-hydrogen) atoms. The van der Waals surface area contributed by atoms with Crippen LogP contribution in [-0.4, -0.2) is 36.1 Å². The van der Waals surface area contributed by atoms with Gasteiger partial charge in [0.15, 0.2) is 0 Å². The third kappa shape index (κ3) is 5.47. The number of aliphatic hydroxyl groups excluding tert-OH is 1. The van der Waals surface area contributed by atoms with Crippen LogP contribution < -0.4 is 5.32 Å². The molecule has 0 fully saturated rings. The standard InChI is InChI=1S/C22H22F2N2O2S/c1-26(19(14-27)16-4-2-5-18(24)12-16)13-21(28)25-22(20-6-3-11-29-20)15-7-9-17(23)10-8-15/h2-12,19,22,27H,13-14H2,1H3,(H,25,28)/t19-,22+/m1/s1. The zero-order valence-electron chi connectivity index (χ0n) is 15.9. The van der Waals surface area contributed by atoms with Crippen LogP contribution in [0.3, 0.4) is 0 Å². The van der Waals surface area contributed by atoms with Gasteiger partial charge in [-0.15, -0.1) is 11.3 Å². The number of aliphatic hydroxyl groups is 1. The van der Waals surface area contributed by atoms with E-state index >= 15 is 0 Å². The van der Waals surface area contributed by atoms with Gasteiger partial charge >= 0.3 is 0 Å². The fraction of sp³-hybridized carbons (Fsp3) is 0.227. The van der Waals surface area contributed by atoms with Crippen LogP contribution in [0.1, 0.15) is 28.1 Å². The van der Waals surface area contributed by atoms with Crippen LogP contribution in [0.15, 0.2) is 66.0 Å². The number of thiophene rings is 1. The molecule has 4 nitrogen and oxygen atoms in total. The molecule has 152 valence electrons. The summed E-state index contributed by atoms with van der Waals surface area (Å²) in [5, 5.41) is 14.7. The van der Waals surface area contributed by atoms with Gasteiger partial charge in [0.2, 0.25) is 5.91 Å². The molecule has 0 spiro atoms. The van der Waals surface area contributed by atoms with E-state index < -0.39 is 17.9 Å². The van der Waals surface area contributed by atoms with Gasteiger partial charge in [0, 0.05) is 4.88 Å². The van der Waals surface area contributed by atoms with E-state index in [9.17, 15) is 18.7 Å². The van der Waals surface area contributed by atoms with Gasteiger partial charge in [0.05, 0.1) is 25.2 Å². The lowest BCUT2D eigenvalue weighted by Gasteiger charge is -2.27. The van der Waals surface area contributed by atoms with Crippen molar-refractivity contribution in [2.45, 2.75) is 12.1 Å². The molecule has 0 aliphatic carbocycles. The molecule has 0 bridgehead atoms. The summed E-state index contributed by atoms with van der Waals surface area (Å²) in [6.45, 7) is -0.246. The molecule has 0 saturated carbocycles. The summed E-state index contributed by atoms with van der Waals surface area (Å²) in [6.07, 6.45) is 0. The van der Waals surface area contributed by atoms with Crippen molar-refractivity contribution in [1.29, 1.82) is 0 Å². The number of nitrogens with zero attached hydrogens (tertiary/aromatic N) is 1. The molecule has 0 unspecified atom stereocenters. The van der Waals surface area contributed by atoms with Gasteiger partial charge in [-0.3, -0.25) is 9.69 Å². The van der Waals surface area contributed by atoms with Crippen LogP contribution in [0.2, 0.25) is 0 Å². The van der Waals surface area contributed by atoms with Gasteiger partial charge in [-0.2, -0.15) is 0 Å². The van der Waals surface area contributed by atoms with Crippen molar-refractivity contribution in [2.24, 2.45) is 0 Å². The number of halogens is 2. The number of likely N-dealkylation sites (N-methyl/N-ethyl adjacent to an activating group) is 1. The molecular weight excluding hydrogens is 394 g/mol. The highest BCUT2D eigenvalue weighted by molar-refractivity contribution is 7.10. The van der Waals surface area contributed by atoms with Crippen molar-refractivity contribution >= 4 is 17.2 Å². The molecule has 3 rings (SSSR count). The summed E-state index contributed by atoms with van der Waals surface area (Å²) in [5.41, 5.74) is 1.37. The van der Waals surface area contributed by atoms with Gasteiger partial charge in [-0.1, -0.05) is 30.3 Å². The van der Waals surface area contributed by atoms with E-state index in [1.807, 2.05) is 17.5 Å². The van der Waals surface area contributed by atoms with Crippen molar-refractivity contribution in [3.05, 3.63) is 93.7 Å². The normalized spacial score (nSPS) is 13.3. The molecule has 0 saturated heterocycles. The van der Waals surface area contributed by atoms with Crippen LogP contribution in [0, 0.1) is 11.6 Å². The summed E-state index contributed by atoms with van der Waals surface area (Å²) >= 11 is 1.50. The summed E-state index contributed by atoms with van der Waals surface area (Å²) in [6, 6.07) is 14.9. The fourth-order valence-corrected chi connectivity index (χ4v) is 3.99. The molecule has 0 aliphatic rings. The van der Waals surface area contributed by atoms with Crippen molar-refractivity contribution in [3.63, 3.8) is 0 Å². The minimum Gasteiger partial charge on any atom is -0.394 e. The summed E-state index contributed by atoms with van der Waals surface area (Å²) in [7, 11) is 1.70. The predicted octanol–water partition coefficient (Wildman–Crippen LogP) is 3.90. The lowest BCUT2D eigenvalue weighted by atomic mass is 10.0. The van der Waals surface area contributed by atoms with Crippen molar-refractivity contribution < 1.29 is 18.7 Å². The monoisotopic (exact) mass is 416 g/mol. The zero-order valence-corrected chi connectivity index (χ0v) is 16.7. The van der Waals surface area contributed by atoms with Crippen molar-refractivity contribution in [3.8, 4) is 0 Å².